The molecule has 0 radical (unpaired) electrons. The van der Waals surface area contributed by atoms with Crippen LogP contribution in [-0.4, -0.2) is 27.3 Å². The number of benzene rings is 1. The molecule has 2 aromatic heterocycles. The van der Waals surface area contributed by atoms with E-state index in [4.69, 9.17) is 4.42 Å². The van der Waals surface area contributed by atoms with Crippen molar-refractivity contribution < 1.29 is 22.4 Å². The molecule has 4 rings (SSSR count). The van der Waals surface area contributed by atoms with E-state index in [9.17, 15) is 18.0 Å². The van der Waals surface area contributed by atoms with Crippen LogP contribution in [0.3, 0.4) is 0 Å². The van der Waals surface area contributed by atoms with Crippen LogP contribution in [0, 0.1) is 13.8 Å². The molecule has 0 N–H and O–H groups in total. The summed E-state index contributed by atoms with van der Waals surface area (Å²) in [7, 11) is 0. The van der Waals surface area contributed by atoms with Crippen LogP contribution in [0.5, 0.6) is 0 Å². The molecule has 1 unspecified atom stereocenters. The van der Waals surface area contributed by atoms with E-state index in [1.54, 1.807) is 31.0 Å². The number of aromatic nitrogens is 2. The second kappa shape index (κ2) is 8.17. The van der Waals surface area contributed by atoms with Crippen molar-refractivity contribution in [2.24, 2.45) is 0 Å². The van der Waals surface area contributed by atoms with Crippen LogP contribution in [-0.2, 0) is 12.6 Å². The smallest absolute Gasteiger partial charge is 0.416 e. The molecule has 3 aromatic rings. The molecule has 5 nitrogen and oxygen atoms in total. The normalized spacial score (nSPS) is 16.7. The summed E-state index contributed by atoms with van der Waals surface area (Å²) in [6, 6.07) is 8.84. The van der Waals surface area contributed by atoms with Gasteiger partial charge in [-0.1, -0.05) is 24.3 Å². The molecular formula is C23H22F3N3O2. The van der Waals surface area contributed by atoms with Gasteiger partial charge in [0.2, 0.25) is 5.76 Å². The number of carbonyl (C=O) groups excluding carboxylic acids is 1. The summed E-state index contributed by atoms with van der Waals surface area (Å²) in [4.78, 5) is 23.4. The van der Waals surface area contributed by atoms with Gasteiger partial charge in [0, 0.05) is 19.7 Å². The zero-order chi connectivity index (χ0) is 22.2. The Morgan fingerprint density at radius 3 is 2.65 bits per heavy atom. The highest BCUT2D eigenvalue weighted by Gasteiger charge is 2.34. The van der Waals surface area contributed by atoms with E-state index in [1.165, 1.54) is 6.07 Å². The molecule has 1 aliphatic heterocycles. The first-order valence-electron chi connectivity index (χ1n) is 10.1. The highest BCUT2D eigenvalue weighted by atomic mass is 19.4. The number of rotatable bonds is 4. The third kappa shape index (κ3) is 4.47. The molecule has 0 spiro atoms. The lowest BCUT2D eigenvalue weighted by Crippen LogP contribution is -2.31. The maximum Gasteiger partial charge on any atom is 0.416 e. The van der Waals surface area contributed by atoms with E-state index in [2.05, 4.69) is 9.97 Å². The van der Waals surface area contributed by atoms with E-state index in [-0.39, 0.29) is 17.7 Å². The second-order valence-corrected chi connectivity index (χ2v) is 7.77. The number of aryl methyl sites for hydroxylation is 2. The predicted octanol–water partition coefficient (Wildman–Crippen LogP) is 5.27. The lowest BCUT2D eigenvalue weighted by molar-refractivity contribution is -0.137. The standard InChI is InChI=1S/C23H22F3N3O2/c1-14-21(31-15(2)28-14)22(30)29-10-4-7-20(29)19-9-8-17(13-27-19)11-16-5-3-6-18(12-16)23(24,25)26/h3,5-6,8-9,12-13,20H,4,7,10-11H2,1-2H3. The summed E-state index contributed by atoms with van der Waals surface area (Å²) < 4.78 is 44.3. The predicted molar refractivity (Wildman–Crippen MR) is 107 cm³/mol. The van der Waals surface area contributed by atoms with Crippen LogP contribution in [0.15, 0.2) is 47.0 Å². The molecule has 1 fully saturated rings. The van der Waals surface area contributed by atoms with E-state index < -0.39 is 11.7 Å². The molecule has 3 heterocycles. The van der Waals surface area contributed by atoms with Gasteiger partial charge in [-0.15, -0.1) is 0 Å². The van der Waals surface area contributed by atoms with Crippen molar-refractivity contribution in [1.29, 1.82) is 0 Å². The van der Waals surface area contributed by atoms with Gasteiger partial charge in [0.05, 0.1) is 23.0 Å². The number of nitrogens with zero attached hydrogens (tertiary/aromatic N) is 3. The van der Waals surface area contributed by atoms with Crippen molar-refractivity contribution in [3.63, 3.8) is 0 Å². The van der Waals surface area contributed by atoms with E-state index in [0.29, 0.717) is 30.1 Å². The topological polar surface area (TPSA) is 59.2 Å². The van der Waals surface area contributed by atoms with Gasteiger partial charge in [-0.05, 0) is 49.4 Å². The highest BCUT2D eigenvalue weighted by Crippen LogP contribution is 2.33. The number of alkyl halides is 3. The van der Waals surface area contributed by atoms with E-state index in [1.807, 2.05) is 12.1 Å². The number of likely N-dealkylation sites (tertiary alicyclic amines) is 1. The minimum absolute atomic E-state index is 0.167. The Labute approximate surface area is 177 Å². The van der Waals surface area contributed by atoms with Crippen LogP contribution in [0.4, 0.5) is 13.2 Å². The minimum Gasteiger partial charge on any atom is -0.436 e. The molecule has 162 valence electrons. The monoisotopic (exact) mass is 429 g/mol. The summed E-state index contributed by atoms with van der Waals surface area (Å²) in [5.41, 5.74) is 2.04. The number of oxazole rings is 1. The molecule has 0 bridgehead atoms. The lowest BCUT2D eigenvalue weighted by Gasteiger charge is -2.23. The molecular weight excluding hydrogens is 407 g/mol. The SMILES string of the molecule is Cc1nc(C)c(C(=O)N2CCCC2c2ccc(Cc3cccc(C(F)(F)F)c3)cn2)o1. The van der Waals surface area contributed by atoms with Gasteiger partial charge in [0.15, 0.2) is 5.89 Å². The average molecular weight is 429 g/mol. The van der Waals surface area contributed by atoms with Crippen LogP contribution in [0.2, 0.25) is 0 Å². The fourth-order valence-corrected chi connectivity index (χ4v) is 4.01. The summed E-state index contributed by atoms with van der Waals surface area (Å²) >= 11 is 0. The zero-order valence-corrected chi connectivity index (χ0v) is 17.2. The molecule has 1 amide bonds. The van der Waals surface area contributed by atoms with Crippen molar-refractivity contribution in [2.45, 2.75) is 45.3 Å². The third-order valence-electron chi connectivity index (χ3n) is 5.46. The van der Waals surface area contributed by atoms with Gasteiger partial charge in [-0.3, -0.25) is 9.78 Å². The maximum atomic E-state index is 13.0. The molecule has 1 aromatic carbocycles. The Kier molecular flexibility index (Phi) is 5.56. The summed E-state index contributed by atoms with van der Waals surface area (Å²) in [5.74, 6) is 0.509. The molecule has 0 saturated carbocycles. The Balaban J connectivity index is 1.50. The molecule has 0 aliphatic carbocycles. The maximum absolute atomic E-state index is 13.0. The Hall–Kier alpha value is -3.16. The van der Waals surface area contributed by atoms with Crippen molar-refractivity contribution in [1.82, 2.24) is 14.9 Å². The van der Waals surface area contributed by atoms with Crippen molar-refractivity contribution >= 4 is 5.91 Å². The average Bonchev–Trinajstić information content (AvgIpc) is 3.34. The molecule has 1 atom stereocenters. The number of pyridine rings is 1. The first-order chi connectivity index (χ1) is 14.7. The summed E-state index contributed by atoms with van der Waals surface area (Å²) in [6.45, 7) is 4.06. The first kappa shape index (κ1) is 21.1. The largest absolute Gasteiger partial charge is 0.436 e. The van der Waals surface area contributed by atoms with Gasteiger partial charge < -0.3 is 9.32 Å². The van der Waals surface area contributed by atoms with E-state index in [0.717, 1.165) is 36.2 Å². The van der Waals surface area contributed by atoms with Gasteiger partial charge in [0.1, 0.15) is 0 Å². The zero-order valence-electron chi connectivity index (χ0n) is 17.2. The quantitative estimate of drug-likeness (QED) is 0.567. The third-order valence-corrected chi connectivity index (χ3v) is 5.46. The van der Waals surface area contributed by atoms with Crippen LogP contribution < -0.4 is 0 Å². The number of halogens is 3. The van der Waals surface area contributed by atoms with Crippen LogP contribution >= 0.6 is 0 Å². The summed E-state index contributed by atoms with van der Waals surface area (Å²) in [6.07, 6.45) is -0.702. The minimum atomic E-state index is -4.36. The molecule has 1 aliphatic rings. The van der Waals surface area contributed by atoms with Gasteiger partial charge >= 0.3 is 6.18 Å². The molecule has 8 heteroatoms. The highest BCUT2D eigenvalue weighted by molar-refractivity contribution is 5.93. The second-order valence-electron chi connectivity index (χ2n) is 7.77. The fraction of sp³-hybridized carbons (Fsp3) is 0.348. The van der Waals surface area contributed by atoms with Crippen LogP contribution in [0.25, 0.3) is 0 Å². The Morgan fingerprint density at radius 2 is 2.00 bits per heavy atom. The summed E-state index contributed by atoms with van der Waals surface area (Å²) in [5, 5.41) is 0. The van der Waals surface area contributed by atoms with E-state index >= 15 is 0 Å². The molecule has 31 heavy (non-hydrogen) atoms. The van der Waals surface area contributed by atoms with Gasteiger partial charge in [-0.2, -0.15) is 13.2 Å². The Morgan fingerprint density at radius 1 is 1.19 bits per heavy atom. The number of carbonyl (C=O) groups is 1. The Bertz CT molecular complexity index is 1090. The van der Waals surface area contributed by atoms with Gasteiger partial charge in [0.25, 0.3) is 5.91 Å². The van der Waals surface area contributed by atoms with Crippen molar-refractivity contribution in [3.8, 4) is 0 Å². The number of amides is 1. The first-order valence-corrected chi connectivity index (χ1v) is 10.1. The van der Waals surface area contributed by atoms with Crippen molar-refractivity contribution in [3.05, 3.63) is 82.3 Å². The number of hydrogen-bond acceptors (Lipinski definition) is 4. The van der Waals surface area contributed by atoms with Crippen LogP contribution in [0.1, 0.15) is 63.4 Å². The molecule has 1 saturated heterocycles. The van der Waals surface area contributed by atoms with Gasteiger partial charge in [-0.25, -0.2) is 4.98 Å². The lowest BCUT2D eigenvalue weighted by atomic mass is 10.0. The number of hydrogen-bond donors (Lipinski definition) is 0. The van der Waals surface area contributed by atoms with Crippen molar-refractivity contribution in [2.75, 3.05) is 6.54 Å². The fourth-order valence-electron chi connectivity index (χ4n) is 4.01.